The molecule has 6 nitrogen and oxygen atoms in total. The fourth-order valence-corrected chi connectivity index (χ4v) is 2.58. The van der Waals surface area contributed by atoms with E-state index in [0.717, 1.165) is 18.4 Å². The van der Waals surface area contributed by atoms with Crippen LogP contribution in [0.4, 0.5) is 0 Å². The minimum atomic E-state index is -0.980. The molecule has 24 heavy (non-hydrogen) atoms. The Labute approximate surface area is 143 Å². The number of hydrogen-bond donors (Lipinski definition) is 2. The summed E-state index contributed by atoms with van der Waals surface area (Å²) in [5.41, 5.74) is 0.849. The maximum atomic E-state index is 11.9. The summed E-state index contributed by atoms with van der Waals surface area (Å²) in [4.78, 5) is 27.2. The summed E-state index contributed by atoms with van der Waals surface area (Å²) >= 11 is 5.85. The van der Waals surface area contributed by atoms with E-state index >= 15 is 0 Å². The van der Waals surface area contributed by atoms with Gasteiger partial charge in [0, 0.05) is 23.4 Å². The maximum absolute atomic E-state index is 11.9. The maximum Gasteiger partial charge on any atom is 0.326 e. The van der Waals surface area contributed by atoms with Gasteiger partial charge < -0.3 is 14.8 Å². The summed E-state index contributed by atoms with van der Waals surface area (Å²) in [7, 11) is 0. The SMILES string of the molecule is O=C(CCc1ncc(-c2ccc(Cl)cc2)o1)NC(C(=O)O)C1CC1. The standard InChI is InChI=1S/C17H17ClN2O4/c18-12-5-3-10(4-6-12)13-9-19-15(24-13)8-7-14(21)20-16(17(22)23)11-1-2-11/h3-6,9,11,16H,1-2,7-8H2,(H,20,21)(H,22,23). The second kappa shape index (κ2) is 7.05. The highest BCUT2D eigenvalue weighted by Gasteiger charge is 2.37. The number of oxazole rings is 1. The molecule has 0 bridgehead atoms. The third-order valence-electron chi connectivity index (χ3n) is 3.92. The van der Waals surface area contributed by atoms with Crippen molar-refractivity contribution in [1.82, 2.24) is 10.3 Å². The van der Waals surface area contributed by atoms with Crippen molar-refractivity contribution in [1.29, 1.82) is 0 Å². The van der Waals surface area contributed by atoms with Gasteiger partial charge in [0.1, 0.15) is 6.04 Å². The fourth-order valence-electron chi connectivity index (χ4n) is 2.45. The third kappa shape index (κ3) is 4.14. The first kappa shape index (κ1) is 16.5. The summed E-state index contributed by atoms with van der Waals surface area (Å²) in [6.07, 6.45) is 3.75. The predicted molar refractivity (Wildman–Crippen MR) is 87.6 cm³/mol. The molecule has 0 aliphatic heterocycles. The topological polar surface area (TPSA) is 92.4 Å². The van der Waals surface area contributed by atoms with Gasteiger partial charge in [-0.15, -0.1) is 0 Å². The fraction of sp³-hybridized carbons (Fsp3) is 0.353. The van der Waals surface area contributed by atoms with Crippen LogP contribution in [0.15, 0.2) is 34.9 Å². The summed E-state index contributed by atoms with van der Waals surface area (Å²) in [5, 5.41) is 12.3. The molecule has 1 fully saturated rings. The number of halogens is 1. The zero-order valence-electron chi connectivity index (χ0n) is 12.9. The first-order valence-corrected chi connectivity index (χ1v) is 8.13. The first-order valence-electron chi connectivity index (χ1n) is 7.76. The van der Waals surface area contributed by atoms with Gasteiger partial charge in [-0.25, -0.2) is 9.78 Å². The molecule has 7 heteroatoms. The minimum absolute atomic E-state index is 0.0599. The van der Waals surface area contributed by atoms with Crippen LogP contribution in [0, 0.1) is 5.92 Å². The minimum Gasteiger partial charge on any atom is -0.480 e. The van der Waals surface area contributed by atoms with Crippen molar-refractivity contribution in [2.75, 3.05) is 0 Å². The van der Waals surface area contributed by atoms with Crippen LogP contribution in [0.2, 0.25) is 5.02 Å². The summed E-state index contributed by atoms with van der Waals surface area (Å²) in [5.74, 6) is -0.186. The quantitative estimate of drug-likeness (QED) is 0.802. The molecule has 1 heterocycles. The van der Waals surface area contributed by atoms with E-state index in [0.29, 0.717) is 23.1 Å². The second-order valence-electron chi connectivity index (χ2n) is 5.85. The lowest BCUT2D eigenvalue weighted by Gasteiger charge is -2.12. The van der Waals surface area contributed by atoms with Crippen LogP contribution in [0.25, 0.3) is 11.3 Å². The summed E-state index contributed by atoms with van der Waals surface area (Å²) in [6.45, 7) is 0. The van der Waals surface area contributed by atoms with Crippen LogP contribution in [0.1, 0.15) is 25.2 Å². The van der Waals surface area contributed by atoms with Crippen molar-refractivity contribution in [2.45, 2.75) is 31.7 Å². The Kier molecular flexibility index (Phi) is 4.85. The average Bonchev–Trinajstić information content (AvgIpc) is 3.28. The molecule has 1 saturated carbocycles. The molecule has 1 amide bonds. The lowest BCUT2D eigenvalue weighted by Crippen LogP contribution is -2.42. The summed E-state index contributed by atoms with van der Waals surface area (Å²) in [6, 6.07) is 6.39. The largest absolute Gasteiger partial charge is 0.480 e. The second-order valence-corrected chi connectivity index (χ2v) is 6.28. The van der Waals surface area contributed by atoms with Crippen molar-refractivity contribution in [3.8, 4) is 11.3 Å². The van der Waals surface area contributed by atoms with E-state index in [9.17, 15) is 9.59 Å². The smallest absolute Gasteiger partial charge is 0.326 e. The molecule has 0 radical (unpaired) electrons. The molecule has 2 aromatic rings. The zero-order valence-corrected chi connectivity index (χ0v) is 13.6. The van der Waals surface area contributed by atoms with Gasteiger partial charge in [0.05, 0.1) is 6.20 Å². The number of nitrogens with zero attached hydrogens (tertiary/aromatic N) is 1. The molecule has 0 saturated heterocycles. The highest BCUT2D eigenvalue weighted by molar-refractivity contribution is 6.30. The average molecular weight is 349 g/mol. The van der Waals surface area contributed by atoms with Gasteiger partial charge in [-0.05, 0) is 43.0 Å². The lowest BCUT2D eigenvalue weighted by molar-refractivity contribution is -0.142. The third-order valence-corrected chi connectivity index (χ3v) is 4.18. The number of rotatable bonds is 7. The Morgan fingerprint density at radius 3 is 2.67 bits per heavy atom. The Morgan fingerprint density at radius 2 is 2.04 bits per heavy atom. The highest BCUT2D eigenvalue weighted by Crippen LogP contribution is 2.32. The highest BCUT2D eigenvalue weighted by atomic mass is 35.5. The zero-order chi connectivity index (χ0) is 17.1. The van der Waals surface area contributed by atoms with Gasteiger partial charge in [0.2, 0.25) is 5.91 Å². The Hall–Kier alpha value is -2.34. The van der Waals surface area contributed by atoms with Gasteiger partial charge in [-0.3, -0.25) is 4.79 Å². The van der Waals surface area contributed by atoms with Crippen LogP contribution in [-0.2, 0) is 16.0 Å². The van der Waals surface area contributed by atoms with E-state index in [2.05, 4.69) is 10.3 Å². The molecule has 3 rings (SSSR count). The normalized spacial score (nSPS) is 15.0. The van der Waals surface area contributed by atoms with E-state index in [1.54, 1.807) is 18.3 Å². The van der Waals surface area contributed by atoms with Crippen LogP contribution < -0.4 is 5.32 Å². The van der Waals surface area contributed by atoms with Crippen LogP contribution in [-0.4, -0.2) is 28.0 Å². The lowest BCUT2D eigenvalue weighted by atomic mass is 10.1. The number of aryl methyl sites for hydroxylation is 1. The number of carbonyl (C=O) groups excluding carboxylic acids is 1. The molecular formula is C17H17ClN2O4. The number of carboxylic acid groups (broad SMARTS) is 1. The summed E-state index contributed by atoms with van der Waals surface area (Å²) < 4.78 is 5.62. The van der Waals surface area contributed by atoms with Crippen LogP contribution in [0.5, 0.6) is 0 Å². The van der Waals surface area contributed by atoms with Crippen molar-refractivity contribution in [2.24, 2.45) is 5.92 Å². The molecule has 1 aliphatic carbocycles. The van der Waals surface area contributed by atoms with Crippen LogP contribution in [0.3, 0.4) is 0 Å². The number of nitrogens with one attached hydrogen (secondary N) is 1. The van der Waals surface area contributed by atoms with E-state index < -0.39 is 12.0 Å². The Morgan fingerprint density at radius 1 is 1.33 bits per heavy atom. The molecule has 2 N–H and O–H groups in total. The number of carbonyl (C=O) groups is 2. The molecule has 1 atom stereocenters. The van der Waals surface area contributed by atoms with Crippen molar-refractivity contribution < 1.29 is 19.1 Å². The monoisotopic (exact) mass is 348 g/mol. The van der Waals surface area contributed by atoms with Gasteiger partial charge >= 0.3 is 5.97 Å². The van der Waals surface area contributed by atoms with Gasteiger partial charge in [-0.2, -0.15) is 0 Å². The number of benzene rings is 1. The Bertz CT molecular complexity index is 737. The molecule has 126 valence electrons. The van der Waals surface area contributed by atoms with E-state index in [1.807, 2.05) is 12.1 Å². The van der Waals surface area contributed by atoms with Gasteiger partial charge in [0.15, 0.2) is 11.7 Å². The first-order chi connectivity index (χ1) is 11.5. The Balaban J connectivity index is 1.54. The number of aliphatic carboxylic acids is 1. The van der Waals surface area contributed by atoms with E-state index in [1.165, 1.54) is 0 Å². The molecule has 1 unspecified atom stereocenters. The van der Waals surface area contributed by atoms with Crippen molar-refractivity contribution >= 4 is 23.5 Å². The van der Waals surface area contributed by atoms with E-state index in [-0.39, 0.29) is 18.2 Å². The molecular weight excluding hydrogens is 332 g/mol. The van der Waals surface area contributed by atoms with Crippen molar-refractivity contribution in [3.63, 3.8) is 0 Å². The van der Waals surface area contributed by atoms with Gasteiger partial charge in [0.25, 0.3) is 0 Å². The number of hydrogen-bond acceptors (Lipinski definition) is 4. The molecule has 0 spiro atoms. The molecule has 1 aliphatic rings. The van der Waals surface area contributed by atoms with Crippen LogP contribution >= 0.6 is 11.6 Å². The van der Waals surface area contributed by atoms with Crippen molar-refractivity contribution in [3.05, 3.63) is 41.4 Å². The number of carboxylic acids is 1. The molecule has 1 aromatic heterocycles. The molecule has 1 aromatic carbocycles. The number of aromatic nitrogens is 1. The predicted octanol–water partition coefficient (Wildman–Crippen LogP) is 2.91. The van der Waals surface area contributed by atoms with E-state index in [4.69, 9.17) is 21.1 Å². The number of amides is 1. The van der Waals surface area contributed by atoms with Gasteiger partial charge in [-0.1, -0.05) is 11.6 Å².